The first kappa shape index (κ1) is 21.1. The van der Waals surface area contributed by atoms with Gasteiger partial charge in [0, 0.05) is 23.4 Å². The van der Waals surface area contributed by atoms with Gasteiger partial charge in [0.25, 0.3) is 11.6 Å². The third-order valence-electron chi connectivity index (χ3n) is 5.53. The molecule has 0 aliphatic carbocycles. The SMILES string of the molecule is Cc1ccccc1N1C(=O)C(O)=C(C/C=C/c2ccccc2)C1c1cccc([N+](=O)[O-])c1. The number of hydrogen-bond acceptors (Lipinski definition) is 4. The van der Waals surface area contributed by atoms with Crippen molar-refractivity contribution in [3.63, 3.8) is 0 Å². The predicted octanol–water partition coefficient (Wildman–Crippen LogP) is 5.91. The fraction of sp³-hybridized carbons (Fsp3) is 0.115. The fourth-order valence-electron chi connectivity index (χ4n) is 3.99. The molecular formula is C26H22N2O4. The van der Waals surface area contributed by atoms with Crippen LogP contribution in [0.2, 0.25) is 0 Å². The molecule has 1 aliphatic heterocycles. The van der Waals surface area contributed by atoms with E-state index in [9.17, 15) is 20.0 Å². The van der Waals surface area contributed by atoms with Gasteiger partial charge in [-0.25, -0.2) is 0 Å². The van der Waals surface area contributed by atoms with Gasteiger partial charge >= 0.3 is 0 Å². The van der Waals surface area contributed by atoms with Gasteiger partial charge in [-0.1, -0.05) is 72.8 Å². The van der Waals surface area contributed by atoms with Crippen LogP contribution in [0.5, 0.6) is 0 Å². The zero-order chi connectivity index (χ0) is 22.7. The molecule has 3 aromatic carbocycles. The second-order valence-corrected chi connectivity index (χ2v) is 7.61. The summed E-state index contributed by atoms with van der Waals surface area (Å²) in [5, 5.41) is 22.2. The van der Waals surface area contributed by atoms with Crippen molar-refractivity contribution in [3.8, 4) is 0 Å². The van der Waals surface area contributed by atoms with Gasteiger partial charge in [-0.2, -0.15) is 0 Å². The van der Waals surface area contributed by atoms with E-state index < -0.39 is 16.9 Å². The number of hydrogen-bond donors (Lipinski definition) is 1. The smallest absolute Gasteiger partial charge is 0.294 e. The first-order valence-corrected chi connectivity index (χ1v) is 10.2. The summed E-state index contributed by atoms with van der Waals surface area (Å²) in [6.45, 7) is 1.89. The molecule has 4 rings (SSSR count). The molecule has 6 heteroatoms. The summed E-state index contributed by atoms with van der Waals surface area (Å²) in [6, 6.07) is 22.7. The molecule has 3 aromatic rings. The number of nitrogens with zero attached hydrogens (tertiary/aromatic N) is 2. The number of aliphatic hydroxyl groups excluding tert-OH is 1. The summed E-state index contributed by atoms with van der Waals surface area (Å²) in [7, 11) is 0. The van der Waals surface area contributed by atoms with Crippen molar-refractivity contribution < 1.29 is 14.8 Å². The van der Waals surface area contributed by atoms with Crippen molar-refractivity contribution >= 4 is 23.4 Å². The molecule has 1 N–H and O–H groups in total. The van der Waals surface area contributed by atoms with Crippen LogP contribution in [0.1, 0.15) is 29.2 Å². The van der Waals surface area contributed by atoms with Gasteiger partial charge < -0.3 is 5.11 Å². The third kappa shape index (κ3) is 4.03. The van der Waals surface area contributed by atoms with Gasteiger partial charge in [-0.3, -0.25) is 19.8 Å². The van der Waals surface area contributed by atoms with E-state index in [1.165, 1.54) is 17.0 Å². The number of nitro benzene ring substituents is 1. The lowest BCUT2D eigenvalue weighted by atomic mass is 9.95. The van der Waals surface area contributed by atoms with Crippen LogP contribution in [0.4, 0.5) is 11.4 Å². The second-order valence-electron chi connectivity index (χ2n) is 7.61. The maximum Gasteiger partial charge on any atom is 0.294 e. The molecule has 0 bridgehead atoms. The van der Waals surface area contributed by atoms with Crippen LogP contribution in [0.15, 0.2) is 96.3 Å². The highest BCUT2D eigenvalue weighted by molar-refractivity contribution is 6.09. The standard InChI is InChI=1S/C26H22N2O4/c1-18-9-5-6-16-23(18)27-24(20-13-8-14-21(17-20)28(31)32)22(25(29)26(27)30)15-7-12-19-10-3-2-4-11-19/h2-14,16-17,24,29H,15H2,1H3/b12-7+. The van der Waals surface area contributed by atoms with E-state index in [1.807, 2.05) is 73.7 Å². The van der Waals surface area contributed by atoms with E-state index in [0.29, 0.717) is 23.2 Å². The minimum atomic E-state index is -0.649. The molecule has 0 saturated heterocycles. The Kier molecular flexibility index (Phi) is 5.85. The minimum absolute atomic E-state index is 0.0646. The number of aliphatic hydroxyl groups is 1. The lowest BCUT2D eigenvalue weighted by Gasteiger charge is -2.28. The molecule has 1 aliphatic rings. The molecule has 1 atom stereocenters. The summed E-state index contributed by atoms with van der Waals surface area (Å²) in [5.74, 6) is -0.832. The maximum absolute atomic E-state index is 13.2. The Morgan fingerprint density at radius 2 is 1.75 bits per heavy atom. The molecule has 0 fully saturated rings. The summed E-state index contributed by atoms with van der Waals surface area (Å²) < 4.78 is 0. The Morgan fingerprint density at radius 3 is 2.47 bits per heavy atom. The van der Waals surface area contributed by atoms with Crippen molar-refractivity contribution in [1.29, 1.82) is 0 Å². The van der Waals surface area contributed by atoms with E-state index in [2.05, 4.69) is 0 Å². The number of allylic oxidation sites excluding steroid dienone is 1. The quantitative estimate of drug-likeness (QED) is 0.392. The molecule has 1 amide bonds. The Morgan fingerprint density at radius 1 is 1.03 bits per heavy atom. The number of amides is 1. The molecule has 0 spiro atoms. The second kappa shape index (κ2) is 8.89. The molecule has 0 aromatic heterocycles. The molecule has 6 nitrogen and oxygen atoms in total. The molecule has 32 heavy (non-hydrogen) atoms. The monoisotopic (exact) mass is 426 g/mol. The molecule has 0 saturated carbocycles. The zero-order valence-corrected chi connectivity index (χ0v) is 17.5. The first-order chi connectivity index (χ1) is 15.5. The summed E-state index contributed by atoms with van der Waals surface area (Å²) >= 11 is 0. The Labute approximate surface area is 185 Å². The molecule has 160 valence electrons. The molecule has 0 radical (unpaired) electrons. The predicted molar refractivity (Wildman–Crippen MR) is 124 cm³/mol. The highest BCUT2D eigenvalue weighted by Crippen LogP contribution is 2.43. The van der Waals surface area contributed by atoms with Crippen LogP contribution in [-0.2, 0) is 4.79 Å². The van der Waals surface area contributed by atoms with Crippen molar-refractivity contribution in [2.24, 2.45) is 0 Å². The van der Waals surface area contributed by atoms with E-state index in [1.54, 1.807) is 12.1 Å². The van der Waals surface area contributed by atoms with Gasteiger partial charge in [0.05, 0.1) is 11.0 Å². The number of para-hydroxylation sites is 1. The fourth-order valence-corrected chi connectivity index (χ4v) is 3.99. The minimum Gasteiger partial charge on any atom is -0.503 e. The molecule has 1 heterocycles. The Hall–Kier alpha value is -4.19. The zero-order valence-electron chi connectivity index (χ0n) is 17.5. The van der Waals surface area contributed by atoms with E-state index in [4.69, 9.17) is 0 Å². The van der Waals surface area contributed by atoms with Gasteiger partial charge in [-0.05, 0) is 36.1 Å². The first-order valence-electron chi connectivity index (χ1n) is 10.2. The normalized spacial score (nSPS) is 16.2. The van der Waals surface area contributed by atoms with Gasteiger partial charge in [0.2, 0.25) is 0 Å². The van der Waals surface area contributed by atoms with E-state index in [0.717, 1.165) is 11.1 Å². The largest absolute Gasteiger partial charge is 0.503 e. The highest BCUT2D eigenvalue weighted by atomic mass is 16.6. The number of aryl methyl sites for hydroxylation is 1. The molecule has 1 unspecified atom stereocenters. The van der Waals surface area contributed by atoms with Crippen LogP contribution >= 0.6 is 0 Å². The van der Waals surface area contributed by atoms with Crippen molar-refractivity contribution in [1.82, 2.24) is 0 Å². The Bertz CT molecular complexity index is 1230. The number of nitro groups is 1. The van der Waals surface area contributed by atoms with E-state index >= 15 is 0 Å². The summed E-state index contributed by atoms with van der Waals surface area (Å²) in [6.07, 6.45) is 4.13. The highest BCUT2D eigenvalue weighted by Gasteiger charge is 2.41. The van der Waals surface area contributed by atoms with Crippen LogP contribution in [0.3, 0.4) is 0 Å². The van der Waals surface area contributed by atoms with Crippen LogP contribution in [-0.4, -0.2) is 15.9 Å². The van der Waals surface area contributed by atoms with E-state index in [-0.39, 0.29) is 11.4 Å². The van der Waals surface area contributed by atoms with Gasteiger partial charge in [0.15, 0.2) is 5.76 Å². The van der Waals surface area contributed by atoms with Crippen molar-refractivity contribution in [2.75, 3.05) is 4.90 Å². The lowest BCUT2D eigenvalue weighted by Crippen LogP contribution is -2.30. The van der Waals surface area contributed by atoms with Crippen LogP contribution in [0.25, 0.3) is 6.08 Å². The summed E-state index contributed by atoms with van der Waals surface area (Å²) in [5.41, 5.74) is 3.53. The average molecular weight is 426 g/mol. The van der Waals surface area contributed by atoms with Crippen LogP contribution < -0.4 is 4.90 Å². The van der Waals surface area contributed by atoms with Gasteiger partial charge in [0.1, 0.15) is 0 Å². The van der Waals surface area contributed by atoms with Crippen LogP contribution in [0, 0.1) is 17.0 Å². The number of rotatable bonds is 6. The number of carbonyl (C=O) groups is 1. The Balaban J connectivity index is 1.78. The van der Waals surface area contributed by atoms with Gasteiger partial charge in [-0.15, -0.1) is 0 Å². The number of carbonyl (C=O) groups excluding carboxylic acids is 1. The van der Waals surface area contributed by atoms with Crippen molar-refractivity contribution in [2.45, 2.75) is 19.4 Å². The lowest BCUT2D eigenvalue weighted by molar-refractivity contribution is -0.384. The maximum atomic E-state index is 13.2. The third-order valence-corrected chi connectivity index (χ3v) is 5.53. The molecular weight excluding hydrogens is 404 g/mol. The number of non-ortho nitro benzene ring substituents is 1. The summed E-state index contributed by atoms with van der Waals surface area (Å²) in [4.78, 5) is 25.6. The topological polar surface area (TPSA) is 83.7 Å². The number of anilines is 1. The van der Waals surface area contributed by atoms with Crippen molar-refractivity contribution in [3.05, 3.63) is 123 Å². The number of benzene rings is 3. The average Bonchev–Trinajstić information content (AvgIpc) is 3.05.